The fraction of sp³-hybridized carbons (Fsp3) is 0.727. The lowest BCUT2D eigenvalue weighted by Crippen LogP contribution is -2.15. The van der Waals surface area contributed by atoms with Gasteiger partial charge in [0.25, 0.3) is 0 Å². The highest BCUT2D eigenvalue weighted by molar-refractivity contribution is 8.41. The molecule has 1 aromatic rings. The number of nitrogens with zero attached hydrogens (tertiary/aromatic N) is 6. The summed E-state index contributed by atoms with van der Waals surface area (Å²) in [4.78, 5) is 3.75. The Morgan fingerprint density at radius 3 is 2.95 bits per heavy atom. The SMILES string of the molecule is CSC(=NC#N)SCSc1nnnn1C1CCCCC1. The lowest BCUT2D eigenvalue weighted by Gasteiger charge is -2.21. The molecular weight excluding hydrogens is 312 g/mol. The second kappa shape index (κ2) is 8.54. The summed E-state index contributed by atoms with van der Waals surface area (Å²) >= 11 is 4.63. The maximum atomic E-state index is 8.56. The standard InChI is InChI=1S/C11H16N6S3/c1-18-11(13-7-12)20-8-19-10-14-15-16-17(10)9-5-3-2-4-6-9/h9H,2-6,8H2,1H3. The van der Waals surface area contributed by atoms with Crippen LogP contribution in [0, 0.1) is 11.5 Å². The number of aliphatic imine (C=N–C) groups is 1. The third kappa shape index (κ3) is 4.40. The number of nitriles is 1. The zero-order valence-corrected chi connectivity index (χ0v) is 13.7. The topological polar surface area (TPSA) is 79.8 Å². The fourth-order valence-electron chi connectivity index (χ4n) is 2.15. The number of hydrogen-bond acceptors (Lipinski definition) is 8. The summed E-state index contributed by atoms with van der Waals surface area (Å²) in [5, 5.41) is 22.2. The summed E-state index contributed by atoms with van der Waals surface area (Å²) in [5.41, 5.74) is 0. The summed E-state index contributed by atoms with van der Waals surface area (Å²) in [6.45, 7) is 0. The highest BCUT2D eigenvalue weighted by Crippen LogP contribution is 2.31. The van der Waals surface area contributed by atoms with Crippen molar-refractivity contribution in [1.82, 2.24) is 20.2 Å². The first-order valence-electron chi connectivity index (χ1n) is 6.39. The van der Waals surface area contributed by atoms with E-state index in [1.807, 2.05) is 17.1 Å². The molecule has 1 fully saturated rings. The van der Waals surface area contributed by atoms with E-state index in [1.165, 1.54) is 31.0 Å². The van der Waals surface area contributed by atoms with Crippen molar-refractivity contribution in [3.63, 3.8) is 0 Å². The van der Waals surface area contributed by atoms with Crippen molar-refractivity contribution in [2.75, 3.05) is 11.3 Å². The van der Waals surface area contributed by atoms with Crippen LogP contribution in [-0.2, 0) is 0 Å². The van der Waals surface area contributed by atoms with Gasteiger partial charge >= 0.3 is 0 Å². The molecule has 0 bridgehead atoms. The molecule has 1 heterocycles. The Morgan fingerprint density at radius 2 is 2.25 bits per heavy atom. The van der Waals surface area contributed by atoms with Gasteiger partial charge in [0, 0.05) is 0 Å². The maximum Gasteiger partial charge on any atom is 0.210 e. The van der Waals surface area contributed by atoms with Crippen molar-refractivity contribution >= 4 is 39.7 Å². The highest BCUT2D eigenvalue weighted by atomic mass is 32.2. The van der Waals surface area contributed by atoms with Gasteiger partial charge in [-0.2, -0.15) is 10.3 Å². The first-order chi connectivity index (χ1) is 9.85. The molecule has 108 valence electrons. The van der Waals surface area contributed by atoms with Gasteiger partial charge in [-0.1, -0.05) is 42.8 Å². The van der Waals surface area contributed by atoms with Crippen molar-refractivity contribution in [2.24, 2.45) is 4.99 Å². The average Bonchev–Trinajstić information content (AvgIpc) is 2.95. The minimum atomic E-state index is 0.444. The van der Waals surface area contributed by atoms with E-state index < -0.39 is 0 Å². The summed E-state index contributed by atoms with van der Waals surface area (Å²) in [5.74, 6) is 0. The van der Waals surface area contributed by atoms with Gasteiger partial charge in [0.1, 0.15) is 4.38 Å². The zero-order chi connectivity index (χ0) is 14.2. The van der Waals surface area contributed by atoms with Crippen LogP contribution in [0.1, 0.15) is 38.1 Å². The highest BCUT2D eigenvalue weighted by Gasteiger charge is 2.20. The molecule has 20 heavy (non-hydrogen) atoms. The first kappa shape index (κ1) is 15.7. The predicted molar refractivity (Wildman–Crippen MR) is 84.8 cm³/mol. The third-order valence-corrected chi connectivity index (χ3v) is 6.17. The first-order valence-corrected chi connectivity index (χ1v) is 9.59. The van der Waals surface area contributed by atoms with Gasteiger partial charge in [0.15, 0.2) is 0 Å². The number of aromatic nitrogens is 4. The number of rotatable bonds is 4. The smallest absolute Gasteiger partial charge is 0.210 e. The monoisotopic (exact) mass is 328 g/mol. The Hall–Kier alpha value is -0.720. The molecule has 2 rings (SSSR count). The Kier molecular flexibility index (Phi) is 6.69. The third-order valence-electron chi connectivity index (χ3n) is 3.07. The Labute approximate surface area is 131 Å². The number of hydrogen-bond donors (Lipinski definition) is 0. The van der Waals surface area contributed by atoms with E-state index in [0.717, 1.165) is 27.5 Å². The van der Waals surface area contributed by atoms with Crippen LogP contribution in [0.5, 0.6) is 0 Å². The predicted octanol–water partition coefficient (Wildman–Crippen LogP) is 3.16. The van der Waals surface area contributed by atoms with Crippen molar-refractivity contribution < 1.29 is 0 Å². The van der Waals surface area contributed by atoms with Crippen LogP contribution in [-0.4, -0.2) is 35.9 Å². The van der Waals surface area contributed by atoms with E-state index >= 15 is 0 Å². The molecule has 0 radical (unpaired) electrons. The molecule has 1 saturated carbocycles. The van der Waals surface area contributed by atoms with E-state index in [4.69, 9.17) is 5.26 Å². The van der Waals surface area contributed by atoms with Gasteiger partial charge < -0.3 is 0 Å². The van der Waals surface area contributed by atoms with Crippen LogP contribution in [0.3, 0.4) is 0 Å². The minimum absolute atomic E-state index is 0.444. The minimum Gasteiger partial charge on any atom is -0.217 e. The maximum absolute atomic E-state index is 8.56. The van der Waals surface area contributed by atoms with Crippen LogP contribution >= 0.6 is 35.3 Å². The van der Waals surface area contributed by atoms with Crippen molar-refractivity contribution in [3.8, 4) is 6.19 Å². The largest absolute Gasteiger partial charge is 0.217 e. The molecule has 1 aromatic heterocycles. The van der Waals surface area contributed by atoms with E-state index in [2.05, 4.69) is 20.5 Å². The number of thioether (sulfide) groups is 3. The van der Waals surface area contributed by atoms with Gasteiger partial charge in [-0.05, 0) is 29.5 Å². The van der Waals surface area contributed by atoms with Crippen LogP contribution in [0.15, 0.2) is 10.1 Å². The Morgan fingerprint density at radius 1 is 1.45 bits per heavy atom. The Bertz CT molecular complexity index is 489. The summed E-state index contributed by atoms with van der Waals surface area (Å²) in [6, 6.07) is 0.444. The van der Waals surface area contributed by atoms with Gasteiger partial charge in [0.2, 0.25) is 11.3 Å². The molecule has 1 aliphatic rings. The summed E-state index contributed by atoms with van der Waals surface area (Å²) in [6.07, 6.45) is 9.90. The van der Waals surface area contributed by atoms with E-state index in [9.17, 15) is 0 Å². The lowest BCUT2D eigenvalue weighted by atomic mass is 9.96. The normalized spacial score (nSPS) is 17.1. The average molecular weight is 328 g/mol. The van der Waals surface area contributed by atoms with Crippen molar-refractivity contribution in [2.45, 2.75) is 43.3 Å². The molecule has 0 amide bonds. The molecule has 0 aliphatic heterocycles. The fourth-order valence-corrected chi connectivity index (χ4v) is 4.76. The molecule has 6 nitrogen and oxygen atoms in total. The van der Waals surface area contributed by atoms with E-state index in [1.54, 1.807) is 23.5 Å². The van der Waals surface area contributed by atoms with Crippen LogP contribution in [0.25, 0.3) is 0 Å². The molecule has 0 spiro atoms. The Balaban J connectivity index is 1.89. The van der Waals surface area contributed by atoms with Crippen LogP contribution in [0.2, 0.25) is 0 Å². The second-order valence-electron chi connectivity index (χ2n) is 4.29. The summed E-state index contributed by atoms with van der Waals surface area (Å²) in [7, 11) is 0. The molecule has 0 atom stereocenters. The van der Waals surface area contributed by atoms with Crippen LogP contribution < -0.4 is 0 Å². The van der Waals surface area contributed by atoms with E-state index in [-0.39, 0.29) is 0 Å². The van der Waals surface area contributed by atoms with Crippen LogP contribution in [0.4, 0.5) is 0 Å². The van der Waals surface area contributed by atoms with E-state index in [0.29, 0.717) is 6.04 Å². The summed E-state index contributed by atoms with van der Waals surface area (Å²) < 4.78 is 2.74. The molecule has 9 heteroatoms. The molecule has 0 unspecified atom stereocenters. The van der Waals surface area contributed by atoms with Gasteiger partial charge in [0.05, 0.1) is 11.1 Å². The molecule has 0 aromatic carbocycles. The molecule has 0 N–H and O–H groups in total. The van der Waals surface area contributed by atoms with Gasteiger partial charge in [-0.3, -0.25) is 0 Å². The quantitative estimate of drug-likeness (QED) is 0.276. The number of tetrazole rings is 1. The molecular formula is C11H16N6S3. The lowest BCUT2D eigenvalue weighted by molar-refractivity contribution is 0.307. The second-order valence-corrected chi connectivity index (χ2v) is 7.61. The van der Waals surface area contributed by atoms with Crippen molar-refractivity contribution in [3.05, 3.63) is 0 Å². The zero-order valence-electron chi connectivity index (χ0n) is 11.2. The van der Waals surface area contributed by atoms with Crippen molar-refractivity contribution in [1.29, 1.82) is 5.26 Å². The molecule has 0 saturated heterocycles. The van der Waals surface area contributed by atoms with Gasteiger partial charge in [-0.15, -0.1) is 16.9 Å². The molecule has 1 aliphatic carbocycles. The van der Waals surface area contributed by atoms with Gasteiger partial charge in [-0.25, -0.2) is 4.68 Å².